The molecular weight excluding hydrogens is 424 g/mol. The molecule has 0 saturated heterocycles. The van der Waals surface area contributed by atoms with Gasteiger partial charge >= 0.3 is 0 Å². The van der Waals surface area contributed by atoms with E-state index in [4.69, 9.17) is 26.3 Å². The first-order chi connectivity index (χ1) is 15.5. The van der Waals surface area contributed by atoms with E-state index in [1.54, 1.807) is 0 Å². The highest BCUT2D eigenvalue weighted by Gasteiger charge is 2.20. The fourth-order valence-electron chi connectivity index (χ4n) is 2.36. The van der Waals surface area contributed by atoms with Gasteiger partial charge in [0.25, 0.3) is 0 Å². The molecule has 5 nitrogen and oxygen atoms in total. The van der Waals surface area contributed by atoms with Crippen molar-refractivity contribution in [2.45, 2.75) is 60.9 Å². The summed E-state index contributed by atoms with van der Waals surface area (Å²) >= 11 is 5.96. The third-order valence-corrected chi connectivity index (χ3v) is 4.06. The Labute approximate surface area is 200 Å². The summed E-state index contributed by atoms with van der Waals surface area (Å²) in [5.41, 5.74) is 3.96. The topological polar surface area (TPSA) is 78.5 Å². The van der Waals surface area contributed by atoms with Gasteiger partial charge in [-0.25, -0.2) is 0 Å². The molecule has 0 aliphatic carbocycles. The quantitative estimate of drug-likeness (QED) is 0.369. The Balaban J connectivity index is -0.000000945. The van der Waals surface area contributed by atoms with Crippen LogP contribution in [0.4, 0.5) is 5.69 Å². The Morgan fingerprint density at radius 1 is 1.06 bits per heavy atom. The summed E-state index contributed by atoms with van der Waals surface area (Å²) in [4.78, 5) is 0. The molecule has 0 aliphatic heterocycles. The SMILES string of the molecule is C=C(/C=C\C=C/C)C[C@@H](Nc1ccc(Cl)cc1)c1noc(C)c1C.CC.CC.CO.CO. The zero-order valence-electron chi connectivity index (χ0n) is 21.2. The Morgan fingerprint density at radius 3 is 2.03 bits per heavy atom. The van der Waals surface area contributed by atoms with Gasteiger partial charge in [-0.1, -0.05) is 80.9 Å². The largest absolute Gasteiger partial charge is 0.400 e. The molecular formula is C26H43ClN2O3. The number of aliphatic hydroxyl groups is 2. The van der Waals surface area contributed by atoms with Crippen molar-refractivity contribution in [3.8, 4) is 0 Å². The van der Waals surface area contributed by atoms with E-state index in [9.17, 15) is 0 Å². The molecule has 0 fully saturated rings. The summed E-state index contributed by atoms with van der Waals surface area (Å²) in [7, 11) is 2.00. The maximum atomic E-state index is 7.00. The standard InChI is InChI=1S/C20H23ClN2O.2C2H6.2CH4O/c1-5-6-7-8-14(2)13-19(20-15(3)16(4)24-23-20)22-18-11-9-17(21)10-12-18;4*1-2/h5-12,19,22H,2,13H2,1,3-4H3;2*1-2H3;2*2H,1H3/b6-5-,8-7-;;;;/t19-;;;;/m1..../s1. The number of benzene rings is 1. The van der Waals surface area contributed by atoms with Crippen LogP contribution in [0.25, 0.3) is 0 Å². The Morgan fingerprint density at radius 2 is 1.59 bits per heavy atom. The van der Waals surface area contributed by atoms with Crippen molar-refractivity contribution in [2.24, 2.45) is 0 Å². The van der Waals surface area contributed by atoms with Gasteiger partial charge in [0.05, 0.1) is 6.04 Å². The van der Waals surface area contributed by atoms with Crippen LogP contribution in [0.15, 0.2) is 65.2 Å². The number of aromatic nitrogens is 1. The molecule has 0 aliphatic rings. The molecule has 2 rings (SSSR count). The number of aryl methyl sites for hydroxylation is 1. The first kappa shape index (κ1) is 34.3. The minimum atomic E-state index is -0.0219. The van der Waals surface area contributed by atoms with Crippen LogP contribution in [0.5, 0.6) is 0 Å². The molecule has 0 bridgehead atoms. The fraction of sp³-hybridized carbons (Fsp3) is 0.423. The van der Waals surface area contributed by atoms with E-state index in [2.05, 4.69) is 17.1 Å². The molecule has 1 atom stereocenters. The molecule has 0 unspecified atom stereocenters. The van der Waals surface area contributed by atoms with E-state index >= 15 is 0 Å². The van der Waals surface area contributed by atoms with Crippen LogP contribution < -0.4 is 5.32 Å². The number of hydrogen-bond acceptors (Lipinski definition) is 5. The van der Waals surface area contributed by atoms with Crippen LogP contribution in [0.3, 0.4) is 0 Å². The molecule has 0 amide bonds. The molecule has 1 aromatic carbocycles. The molecule has 1 aromatic heterocycles. The number of anilines is 1. The Hall–Kier alpha value is -2.34. The van der Waals surface area contributed by atoms with Gasteiger partial charge < -0.3 is 20.1 Å². The summed E-state index contributed by atoms with van der Waals surface area (Å²) in [5.74, 6) is 0.836. The molecule has 0 spiro atoms. The number of nitrogens with one attached hydrogen (secondary N) is 1. The number of halogens is 1. The smallest absolute Gasteiger partial charge is 0.136 e. The molecule has 0 saturated carbocycles. The first-order valence-corrected chi connectivity index (χ1v) is 11.2. The van der Waals surface area contributed by atoms with Gasteiger partial charge in [-0.3, -0.25) is 0 Å². The van der Waals surface area contributed by atoms with Crippen LogP contribution in [0.2, 0.25) is 5.02 Å². The summed E-state index contributed by atoms with van der Waals surface area (Å²) in [5, 5.41) is 22.5. The van der Waals surface area contributed by atoms with Crippen molar-refractivity contribution in [3.05, 3.63) is 82.8 Å². The number of aliphatic hydroxyl groups excluding tert-OH is 2. The molecule has 3 N–H and O–H groups in total. The van der Waals surface area contributed by atoms with E-state index in [0.29, 0.717) is 5.02 Å². The highest BCUT2D eigenvalue weighted by molar-refractivity contribution is 6.30. The number of allylic oxidation sites excluding steroid dienone is 4. The van der Waals surface area contributed by atoms with Crippen LogP contribution in [0, 0.1) is 13.8 Å². The minimum absolute atomic E-state index is 0.0219. The third-order valence-electron chi connectivity index (χ3n) is 3.81. The van der Waals surface area contributed by atoms with E-state index < -0.39 is 0 Å². The van der Waals surface area contributed by atoms with Gasteiger partial charge in [0.1, 0.15) is 11.5 Å². The third kappa shape index (κ3) is 13.9. The molecule has 182 valence electrons. The second-order valence-corrected chi connectivity index (χ2v) is 6.14. The number of hydrogen-bond donors (Lipinski definition) is 3. The van der Waals surface area contributed by atoms with E-state index in [1.807, 2.05) is 97.0 Å². The molecule has 32 heavy (non-hydrogen) atoms. The summed E-state index contributed by atoms with van der Waals surface area (Å²) < 4.78 is 5.34. The Kier molecular flexibility index (Phi) is 25.0. The number of rotatable bonds is 7. The van der Waals surface area contributed by atoms with Crippen molar-refractivity contribution in [3.63, 3.8) is 0 Å². The van der Waals surface area contributed by atoms with Crippen LogP contribution in [0.1, 0.15) is 64.1 Å². The maximum absolute atomic E-state index is 7.00. The van der Waals surface area contributed by atoms with Crippen molar-refractivity contribution in [2.75, 3.05) is 19.5 Å². The van der Waals surface area contributed by atoms with Crippen LogP contribution in [-0.2, 0) is 0 Å². The maximum Gasteiger partial charge on any atom is 0.136 e. The van der Waals surface area contributed by atoms with Gasteiger partial charge in [0.2, 0.25) is 0 Å². The molecule has 6 heteroatoms. The van der Waals surface area contributed by atoms with Crippen molar-refractivity contribution >= 4 is 17.3 Å². The fourth-order valence-corrected chi connectivity index (χ4v) is 2.48. The predicted molar refractivity (Wildman–Crippen MR) is 140 cm³/mol. The average Bonchev–Trinajstić information content (AvgIpc) is 3.18. The summed E-state index contributed by atoms with van der Waals surface area (Å²) in [6.45, 7) is 18.1. The Bertz CT molecular complexity index is 751. The lowest BCUT2D eigenvalue weighted by atomic mass is 10.0. The summed E-state index contributed by atoms with van der Waals surface area (Å²) in [6.07, 6.45) is 8.70. The van der Waals surface area contributed by atoms with Gasteiger partial charge in [-0.15, -0.1) is 0 Å². The van der Waals surface area contributed by atoms with Crippen molar-refractivity contribution in [1.29, 1.82) is 0 Å². The van der Waals surface area contributed by atoms with Crippen molar-refractivity contribution in [1.82, 2.24) is 5.16 Å². The van der Waals surface area contributed by atoms with Crippen molar-refractivity contribution < 1.29 is 14.7 Å². The summed E-state index contributed by atoms with van der Waals surface area (Å²) in [6, 6.07) is 7.61. The van der Waals surface area contributed by atoms with Gasteiger partial charge in [-0.05, 0) is 51.5 Å². The zero-order valence-corrected chi connectivity index (χ0v) is 22.0. The van der Waals surface area contributed by atoms with E-state index in [1.165, 1.54) is 0 Å². The molecule has 0 radical (unpaired) electrons. The van der Waals surface area contributed by atoms with Crippen LogP contribution >= 0.6 is 11.6 Å². The highest BCUT2D eigenvalue weighted by Crippen LogP contribution is 2.29. The van der Waals surface area contributed by atoms with E-state index in [0.717, 1.165) is 48.9 Å². The normalized spacial score (nSPS) is 10.4. The van der Waals surface area contributed by atoms with Gasteiger partial charge in [0.15, 0.2) is 0 Å². The highest BCUT2D eigenvalue weighted by atomic mass is 35.5. The second kappa shape index (κ2) is 23.3. The lowest BCUT2D eigenvalue weighted by molar-refractivity contribution is 0.386. The second-order valence-electron chi connectivity index (χ2n) is 5.70. The van der Waals surface area contributed by atoms with E-state index in [-0.39, 0.29) is 6.04 Å². The van der Waals surface area contributed by atoms with Gasteiger partial charge in [-0.2, -0.15) is 0 Å². The lowest BCUT2D eigenvalue weighted by Gasteiger charge is -2.19. The zero-order chi connectivity index (χ0) is 25.5. The first-order valence-electron chi connectivity index (χ1n) is 10.8. The molecule has 2 aromatic rings. The minimum Gasteiger partial charge on any atom is -0.400 e. The average molecular weight is 467 g/mol. The predicted octanol–water partition coefficient (Wildman–Crippen LogP) is 7.45. The van der Waals surface area contributed by atoms with Gasteiger partial charge in [0, 0.05) is 30.5 Å². The number of nitrogens with zero attached hydrogens (tertiary/aromatic N) is 1. The van der Waals surface area contributed by atoms with Crippen LogP contribution in [-0.4, -0.2) is 29.6 Å². The monoisotopic (exact) mass is 466 g/mol. The molecule has 1 heterocycles. The lowest BCUT2D eigenvalue weighted by Crippen LogP contribution is -2.13.